The van der Waals surface area contributed by atoms with Crippen LogP contribution in [0.4, 0.5) is 10.5 Å². The van der Waals surface area contributed by atoms with E-state index in [4.69, 9.17) is 10.5 Å². The van der Waals surface area contributed by atoms with Crippen molar-refractivity contribution in [1.82, 2.24) is 10.3 Å². The van der Waals surface area contributed by atoms with Gasteiger partial charge in [-0.1, -0.05) is 49.4 Å². The maximum Gasteiger partial charge on any atom is 0.408 e. The van der Waals surface area contributed by atoms with Gasteiger partial charge in [0.2, 0.25) is 0 Å². The summed E-state index contributed by atoms with van der Waals surface area (Å²) in [6.07, 6.45) is 0.0110. The van der Waals surface area contributed by atoms with Gasteiger partial charge in [-0.2, -0.15) is 0 Å². The SMILES string of the molecule is CCc1nc([C@H](Cc2ccc([N+](=O)[O-])cc2)OC(=O)NC(C=O)C(N)c2ccccc2)cs1. The molecule has 33 heavy (non-hydrogen) atoms. The Morgan fingerprint density at radius 1 is 1.24 bits per heavy atom. The van der Waals surface area contributed by atoms with E-state index < -0.39 is 29.2 Å². The quantitative estimate of drug-likeness (QED) is 0.261. The second kappa shape index (κ2) is 11.3. The summed E-state index contributed by atoms with van der Waals surface area (Å²) in [6, 6.07) is 13.2. The topological polar surface area (TPSA) is 137 Å². The number of nitro benzene ring substituents is 1. The number of amides is 1. The first-order chi connectivity index (χ1) is 15.9. The number of aromatic nitrogens is 1. The highest BCUT2D eigenvalue weighted by Gasteiger charge is 2.25. The third-order valence-electron chi connectivity index (χ3n) is 5.02. The standard InChI is InChI=1S/C23H24N4O5S/c1-2-21-25-19(14-33-21)20(12-15-8-10-17(11-9-15)27(30)31)32-23(29)26-18(13-28)22(24)16-6-4-3-5-7-16/h3-11,13-14,18,20,22H,2,12,24H2,1H3,(H,26,29)/t18?,20-,22?/m0/s1. The Hall–Kier alpha value is -3.63. The summed E-state index contributed by atoms with van der Waals surface area (Å²) in [5, 5.41) is 16.1. The summed E-state index contributed by atoms with van der Waals surface area (Å²) in [7, 11) is 0. The molecule has 3 rings (SSSR count). The van der Waals surface area contributed by atoms with Crippen molar-refractivity contribution in [3.05, 3.63) is 91.9 Å². The Balaban J connectivity index is 1.75. The van der Waals surface area contributed by atoms with Crippen LogP contribution in [0.5, 0.6) is 0 Å². The molecule has 2 unspecified atom stereocenters. The number of alkyl carbamates (subject to hydrolysis) is 1. The molecule has 3 aromatic rings. The van der Waals surface area contributed by atoms with E-state index in [1.807, 2.05) is 18.4 Å². The van der Waals surface area contributed by atoms with Crippen LogP contribution in [-0.4, -0.2) is 28.3 Å². The van der Waals surface area contributed by atoms with Gasteiger partial charge >= 0.3 is 6.09 Å². The van der Waals surface area contributed by atoms with Crippen molar-refractivity contribution in [2.75, 3.05) is 0 Å². The van der Waals surface area contributed by atoms with Crippen molar-refractivity contribution in [2.24, 2.45) is 5.73 Å². The molecule has 0 aliphatic carbocycles. The summed E-state index contributed by atoms with van der Waals surface area (Å²) >= 11 is 1.45. The van der Waals surface area contributed by atoms with Gasteiger partial charge in [-0.25, -0.2) is 9.78 Å². The lowest BCUT2D eigenvalue weighted by Gasteiger charge is -2.22. The van der Waals surface area contributed by atoms with Gasteiger partial charge in [0.1, 0.15) is 12.3 Å². The third kappa shape index (κ3) is 6.43. The van der Waals surface area contributed by atoms with Crippen LogP contribution in [0.25, 0.3) is 0 Å². The molecule has 2 aromatic carbocycles. The fourth-order valence-corrected chi connectivity index (χ4v) is 3.99. The van der Waals surface area contributed by atoms with Crippen LogP contribution in [0.3, 0.4) is 0 Å². The number of rotatable bonds is 10. The lowest BCUT2D eigenvalue weighted by molar-refractivity contribution is -0.384. The molecule has 0 aliphatic rings. The normalized spacial score (nSPS) is 13.5. The highest BCUT2D eigenvalue weighted by Crippen LogP contribution is 2.26. The first kappa shape index (κ1) is 24.0. The number of nitrogens with two attached hydrogens (primary N) is 1. The minimum absolute atomic E-state index is 0.0281. The van der Waals surface area contributed by atoms with E-state index in [1.165, 1.54) is 23.5 Å². The van der Waals surface area contributed by atoms with Crippen LogP contribution in [-0.2, 0) is 22.4 Å². The second-order valence-electron chi connectivity index (χ2n) is 7.28. The summed E-state index contributed by atoms with van der Waals surface area (Å²) < 4.78 is 5.64. The Kier molecular flexibility index (Phi) is 8.22. The van der Waals surface area contributed by atoms with Crippen molar-refractivity contribution in [3.8, 4) is 0 Å². The minimum Gasteiger partial charge on any atom is -0.439 e. The highest BCUT2D eigenvalue weighted by atomic mass is 32.1. The number of non-ortho nitro benzene ring substituents is 1. The molecule has 0 bridgehead atoms. The third-order valence-corrected chi connectivity index (χ3v) is 6.03. The maximum atomic E-state index is 12.7. The van der Waals surface area contributed by atoms with Crippen molar-refractivity contribution in [3.63, 3.8) is 0 Å². The van der Waals surface area contributed by atoms with Crippen LogP contribution in [0.1, 0.15) is 40.9 Å². The minimum atomic E-state index is -0.985. The average Bonchev–Trinajstić information content (AvgIpc) is 3.32. The first-order valence-electron chi connectivity index (χ1n) is 10.3. The Morgan fingerprint density at radius 3 is 2.52 bits per heavy atom. The number of thiazole rings is 1. The lowest BCUT2D eigenvalue weighted by Crippen LogP contribution is -2.44. The van der Waals surface area contributed by atoms with Gasteiger partial charge in [0.05, 0.1) is 21.7 Å². The summed E-state index contributed by atoms with van der Waals surface area (Å²) in [5.74, 6) is 0. The van der Waals surface area contributed by atoms with Crippen molar-refractivity contribution < 1.29 is 19.2 Å². The highest BCUT2D eigenvalue weighted by molar-refractivity contribution is 7.09. The van der Waals surface area contributed by atoms with Crippen molar-refractivity contribution in [1.29, 1.82) is 0 Å². The van der Waals surface area contributed by atoms with Crippen LogP contribution in [0, 0.1) is 10.1 Å². The number of hydrogen-bond donors (Lipinski definition) is 2. The van der Waals surface area contributed by atoms with E-state index >= 15 is 0 Å². The Bertz CT molecular complexity index is 1090. The molecule has 1 amide bonds. The average molecular weight is 469 g/mol. The summed E-state index contributed by atoms with van der Waals surface area (Å²) in [4.78, 5) is 39.2. The van der Waals surface area contributed by atoms with Gasteiger partial charge < -0.3 is 20.6 Å². The van der Waals surface area contributed by atoms with E-state index in [9.17, 15) is 19.7 Å². The number of benzene rings is 2. The Labute approximate surface area is 194 Å². The molecule has 1 aromatic heterocycles. The van der Waals surface area contributed by atoms with Gasteiger partial charge in [-0.3, -0.25) is 10.1 Å². The van der Waals surface area contributed by atoms with Gasteiger partial charge in [0, 0.05) is 23.9 Å². The zero-order chi connectivity index (χ0) is 23.8. The first-order valence-corrected chi connectivity index (χ1v) is 11.2. The molecule has 3 N–H and O–H groups in total. The van der Waals surface area contributed by atoms with E-state index in [0.29, 0.717) is 17.5 Å². The smallest absolute Gasteiger partial charge is 0.408 e. The Morgan fingerprint density at radius 2 is 1.94 bits per heavy atom. The van der Waals surface area contributed by atoms with Crippen LogP contribution in [0.2, 0.25) is 0 Å². The fourth-order valence-electron chi connectivity index (χ4n) is 3.20. The number of nitro groups is 1. The number of aryl methyl sites for hydroxylation is 1. The van der Waals surface area contributed by atoms with Gasteiger partial charge in [0.15, 0.2) is 6.10 Å². The number of nitrogens with zero attached hydrogens (tertiary/aromatic N) is 2. The number of carbonyl (C=O) groups is 2. The molecule has 1 heterocycles. The molecule has 0 fully saturated rings. The number of nitrogens with one attached hydrogen (secondary N) is 1. The van der Waals surface area contributed by atoms with Crippen molar-refractivity contribution >= 4 is 29.4 Å². The van der Waals surface area contributed by atoms with Crippen LogP contribution < -0.4 is 11.1 Å². The maximum absolute atomic E-state index is 12.7. The van der Waals surface area contributed by atoms with E-state index in [1.54, 1.807) is 36.4 Å². The molecule has 10 heteroatoms. The molecule has 9 nitrogen and oxygen atoms in total. The van der Waals surface area contributed by atoms with Gasteiger partial charge in [-0.05, 0) is 17.5 Å². The van der Waals surface area contributed by atoms with Crippen LogP contribution >= 0.6 is 11.3 Å². The molecule has 172 valence electrons. The van der Waals surface area contributed by atoms with E-state index in [0.717, 1.165) is 17.0 Å². The predicted octanol–water partition coefficient (Wildman–Crippen LogP) is 3.89. The fraction of sp³-hybridized carbons (Fsp3) is 0.261. The molecule has 0 saturated carbocycles. The molecular formula is C23H24N4O5S. The second-order valence-corrected chi connectivity index (χ2v) is 8.23. The van der Waals surface area contributed by atoms with E-state index in [-0.39, 0.29) is 12.1 Å². The summed E-state index contributed by atoms with van der Waals surface area (Å²) in [6.45, 7) is 1.97. The van der Waals surface area contributed by atoms with E-state index in [2.05, 4.69) is 10.3 Å². The van der Waals surface area contributed by atoms with Crippen LogP contribution in [0.15, 0.2) is 60.0 Å². The molecule has 0 spiro atoms. The van der Waals surface area contributed by atoms with Crippen molar-refractivity contribution in [2.45, 2.75) is 38.0 Å². The zero-order valence-electron chi connectivity index (χ0n) is 17.9. The lowest BCUT2D eigenvalue weighted by atomic mass is 10.0. The molecule has 0 saturated heterocycles. The number of hydrogen-bond acceptors (Lipinski definition) is 8. The molecule has 0 aliphatic heterocycles. The molecule has 0 radical (unpaired) electrons. The number of ether oxygens (including phenoxy) is 1. The number of aldehydes is 1. The molecule has 3 atom stereocenters. The van der Waals surface area contributed by atoms with Gasteiger partial charge in [0.25, 0.3) is 5.69 Å². The zero-order valence-corrected chi connectivity index (χ0v) is 18.7. The number of carbonyl (C=O) groups excluding carboxylic acids is 2. The predicted molar refractivity (Wildman–Crippen MR) is 124 cm³/mol. The molecular weight excluding hydrogens is 444 g/mol. The monoisotopic (exact) mass is 468 g/mol. The largest absolute Gasteiger partial charge is 0.439 e. The van der Waals surface area contributed by atoms with Gasteiger partial charge in [-0.15, -0.1) is 11.3 Å². The summed E-state index contributed by atoms with van der Waals surface area (Å²) in [5.41, 5.74) is 8.13.